The van der Waals surface area contributed by atoms with Crippen molar-refractivity contribution < 1.29 is 37.8 Å². The Labute approximate surface area is 231 Å². The van der Waals surface area contributed by atoms with Gasteiger partial charge in [0.2, 0.25) is 0 Å². The molecule has 0 N–H and O–H groups in total. The van der Waals surface area contributed by atoms with E-state index >= 15 is 0 Å². The zero-order chi connectivity index (χ0) is 26.7. The predicted octanol–water partition coefficient (Wildman–Crippen LogP) is 3.53. The molecule has 0 saturated carbocycles. The van der Waals surface area contributed by atoms with Gasteiger partial charge in [-0.25, -0.2) is 0 Å². The van der Waals surface area contributed by atoms with E-state index in [4.69, 9.17) is 23.4 Å². The number of hydrogen-bond donors (Lipinski definition) is 3. The number of rotatable bonds is 21. The third-order valence-electron chi connectivity index (χ3n) is 4.90. The van der Waals surface area contributed by atoms with Gasteiger partial charge in [-0.3, -0.25) is 0 Å². The van der Waals surface area contributed by atoms with Crippen LogP contribution in [0.1, 0.15) is 57.8 Å². The molecule has 35 heavy (non-hydrogen) atoms. The van der Waals surface area contributed by atoms with Gasteiger partial charge in [-0.05, 0) is 0 Å². The number of carbonyl (C=O) groups is 3. The molecule has 0 fully saturated rings. The summed E-state index contributed by atoms with van der Waals surface area (Å²) in [6.07, 6.45) is 5.71. The first kappa shape index (κ1) is 35.1. The standard InChI is InChI=1S/3C7H14O3S.CH3.Sn/c3*1-10-5-3-2-4-6(11)7(8)9;;/h3*6,11H,2-5H2,1H3,(H,8,9);1H3;/q;;;;+3/p-3. The summed E-state index contributed by atoms with van der Waals surface area (Å²) in [7, 11) is 4.81. The van der Waals surface area contributed by atoms with Gasteiger partial charge in [-0.1, -0.05) is 0 Å². The fourth-order valence-corrected chi connectivity index (χ4v) is 9.18. The van der Waals surface area contributed by atoms with Crippen LogP contribution in [-0.2, 0) is 37.8 Å². The SMILES string of the molecule is COCCCCC(S)C(=O)[O][Sn]([CH3])([O]C(=O)C(S)CCCCOC)[O]C(=O)C(S)CCCCOC. The molecule has 3 unspecified atom stereocenters. The summed E-state index contributed by atoms with van der Waals surface area (Å²) in [5.41, 5.74) is 0. The van der Waals surface area contributed by atoms with E-state index in [1.807, 2.05) is 0 Å². The van der Waals surface area contributed by atoms with Gasteiger partial charge in [0.15, 0.2) is 0 Å². The van der Waals surface area contributed by atoms with Crippen LogP contribution in [0.15, 0.2) is 0 Å². The molecule has 3 atom stereocenters. The van der Waals surface area contributed by atoms with Crippen molar-refractivity contribution in [1.29, 1.82) is 0 Å². The Hall–Kier alpha value is 0.139. The van der Waals surface area contributed by atoms with Gasteiger partial charge in [0.1, 0.15) is 0 Å². The maximum atomic E-state index is 12.7. The normalized spacial score (nSPS) is 15.5. The molecule has 0 spiro atoms. The van der Waals surface area contributed by atoms with Gasteiger partial charge < -0.3 is 0 Å². The maximum absolute atomic E-state index is 12.7. The molecule has 13 heteroatoms. The van der Waals surface area contributed by atoms with Gasteiger partial charge >= 0.3 is 233 Å². The van der Waals surface area contributed by atoms with E-state index in [9.17, 15) is 14.4 Å². The van der Waals surface area contributed by atoms with Crippen molar-refractivity contribution in [2.45, 2.75) is 78.5 Å². The van der Waals surface area contributed by atoms with Crippen molar-refractivity contribution in [2.75, 3.05) is 41.2 Å². The molecule has 0 radical (unpaired) electrons. The number of ether oxygens (including phenoxy) is 3. The topological polar surface area (TPSA) is 107 Å². The molecule has 0 aromatic carbocycles. The summed E-state index contributed by atoms with van der Waals surface area (Å²) in [5, 5.41) is -2.24. The van der Waals surface area contributed by atoms with Gasteiger partial charge in [-0.15, -0.1) is 0 Å². The average molecular weight is 665 g/mol. The minimum atomic E-state index is -4.97. The Morgan fingerprint density at radius 2 is 0.829 bits per heavy atom. The number of methoxy groups -OCH3 is 3. The van der Waals surface area contributed by atoms with Crippen molar-refractivity contribution in [1.82, 2.24) is 0 Å². The number of thiol groups is 3. The van der Waals surface area contributed by atoms with Crippen molar-refractivity contribution in [2.24, 2.45) is 0 Å². The molecule has 0 aliphatic carbocycles. The van der Waals surface area contributed by atoms with Crippen molar-refractivity contribution in [3.8, 4) is 0 Å². The Morgan fingerprint density at radius 3 is 1.06 bits per heavy atom. The van der Waals surface area contributed by atoms with Crippen molar-refractivity contribution >= 4 is 75.4 Å². The quantitative estimate of drug-likeness (QED) is 0.0966. The summed E-state index contributed by atoms with van der Waals surface area (Å²) in [4.78, 5) is 39.5. The fourth-order valence-electron chi connectivity index (χ4n) is 2.92. The van der Waals surface area contributed by atoms with Crippen LogP contribution < -0.4 is 0 Å². The third-order valence-corrected chi connectivity index (χ3v) is 11.2. The molecule has 0 aliphatic rings. The molecular weight excluding hydrogens is 623 g/mol. The summed E-state index contributed by atoms with van der Waals surface area (Å²) in [6.45, 7) is 1.72. The number of unbranched alkanes of at least 4 members (excludes halogenated alkanes) is 3. The van der Waals surface area contributed by atoms with Gasteiger partial charge in [0.05, 0.1) is 0 Å². The minimum absolute atomic E-state index is 0.443. The first-order valence-corrected chi connectivity index (χ1v) is 19.7. The van der Waals surface area contributed by atoms with Crippen LogP contribution in [0.5, 0.6) is 0 Å². The number of carbonyl (C=O) groups excluding carboxylic acids is 3. The van der Waals surface area contributed by atoms with Crippen LogP contribution in [-0.4, -0.2) is 94.4 Å². The Morgan fingerprint density at radius 1 is 0.571 bits per heavy atom. The third kappa shape index (κ3) is 17.3. The Kier molecular flexibility index (Phi) is 21.2. The van der Waals surface area contributed by atoms with Gasteiger partial charge in [-0.2, -0.15) is 0 Å². The molecule has 0 heterocycles. The molecule has 0 aromatic heterocycles. The summed E-state index contributed by atoms with van der Waals surface area (Å²) >= 11 is 7.98. The second-order valence-corrected chi connectivity index (χ2v) is 16.7. The Bertz CT molecular complexity index is 534. The monoisotopic (exact) mass is 666 g/mol. The second-order valence-electron chi connectivity index (χ2n) is 8.14. The summed E-state index contributed by atoms with van der Waals surface area (Å²) < 4.78 is 31.7. The molecule has 0 rings (SSSR count). The molecule has 0 bridgehead atoms. The van der Waals surface area contributed by atoms with Crippen LogP contribution in [0.3, 0.4) is 0 Å². The zero-order valence-electron chi connectivity index (χ0n) is 21.2. The molecule has 0 saturated heterocycles. The molecule has 9 nitrogen and oxygen atoms in total. The fraction of sp³-hybridized carbons (Fsp3) is 0.864. The van der Waals surface area contributed by atoms with Crippen LogP contribution in [0, 0.1) is 0 Å². The van der Waals surface area contributed by atoms with Crippen molar-refractivity contribution in [3.63, 3.8) is 0 Å². The van der Waals surface area contributed by atoms with E-state index in [2.05, 4.69) is 37.9 Å². The summed E-state index contributed by atoms with van der Waals surface area (Å²) in [6, 6.07) is 0. The summed E-state index contributed by atoms with van der Waals surface area (Å²) in [5.74, 6) is -2.05. The van der Waals surface area contributed by atoms with Crippen LogP contribution in [0.25, 0.3) is 0 Å². The zero-order valence-corrected chi connectivity index (χ0v) is 26.8. The first-order valence-electron chi connectivity index (χ1n) is 11.8. The van der Waals surface area contributed by atoms with Gasteiger partial charge in [0.25, 0.3) is 0 Å². The van der Waals surface area contributed by atoms with E-state index in [1.165, 1.54) is 4.94 Å². The van der Waals surface area contributed by atoms with E-state index < -0.39 is 53.3 Å². The van der Waals surface area contributed by atoms with Crippen LogP contribution >= 0.6 is 37.9 Å². The number of hydrogen-bond acceptors (Lipinski definition) is 12. The first-order chi connectivity index (χ1) is 16.6. The van der Waals surface area contributed by atoms with E-state index in [0.29, 0.717) is 58.3 Å². The van der Waals surface area contributed by atoms with Crippen LogP contribution in [0.2, 0.25) is 4.94 Å². The predicted molar refractivity (Wildman–Crippen MR) is 145 cm³/mol. The van der Waals surface area contributed by atoms with Gasteiger partial charge in [0, 0.05) is 0 Å². The van der Waals surface area contributed by atoms with E-state index in [1.54, 1.807) is 21.3 Å². The molecular formula is C22H42O9S3Sn. The van der Waals surface area contributed by atoms with Crippen LogP contribution in [0.4, 0.5) is 0 Å². The van der Waals surface area contributed by atoms with Crippen molar-refractivity contribution in [3.05, 3.63) is 0 Å². The molecule has 0 aliphatic heterocycles. The molecule has 0 aromatic rings. The van der Waals surface area contributed by atoms with E-state index in [0.717, 1.165) is 19.3 Å². The molecule has 0 amide bonds. The second kappa shape index (κ2) is 21.1. The Balaban J connectivity index is 5.19. The molecule has 206 valence electrons. The average Bonchev–Trinajstić information content (AvgIpc) is 2.81. The van der Waals surface area contributed by atoms with E-state index in [-0.39, 0.29) is 0 Å².